The van der Waals surface area contributed by atoms with Gasteiger partial charge in [-0.05, 0) is 61.7 Å². The quantitative estimate of drug-likeness (QED) is 0.759. The molecule has 1 N–H and O–H groups in total. The van der Waals surface area contributed by atoms with Gasteiger partial charge >= 0.3 is 0 Å². The summed E-state index contributed by atoms with van der Waals surface area (Å²) in [4.78, 5) is 0. The van der Waals surface area contributed by atoms with Gasteiger partial charge < -0.3 is 14.8 Å². The third-order valence-electron chi connectivity index (χ3n) is 4.40. The van der Waals surface area contributed by atoms with Crippen molar-refractivity contribution in [2.45, 2.75) is 25.2 Å². The van der Waals surface area contributed by atoms with E-state index in [1.165, 1.54) is 18.4 Å². The smallest absolute Gasteiger partial charge is 0.165 e. The number of nitrogens with one attached hydrogen (secondary N) is 1. The molecule has 1 heterocycles. The lowest BCUT2D eigenvalue weighted by Gasteiger charge is -2.23. The summed E-state index contributed by atoms with van der Waals surface area (Å²) in [5, 5.41) is 3.37. The molecule has 1 aliphatic heterocycles. The molecule has 0 saturated carbocycles. The van der Waals surface area contributed by atoms with E-state index in [0.717, 1.165) is 37.0 Å². The van der Waals surface area contributed by atoms with Crippen LogP contribution in [0.2, 0.25) is 0 Å². The Balaban J connectivity index is 1.39. The van der Waals surface area contributed by atoms with Gasteiger partial charge in [-0.1, -0.05) is 12.1 Å². The van der Waals surface area contributed by atoms with Crippen LogP contribution in [-0.2, 0) is 0 Å². The molecule has 0 aromatic heterocycles. The van der Waals surface area contributed by atoms with Crippen molar-refractivity contribution in [3.8, 4) is 11.5 Å². The van der Waals surface area contributed by atoms with E-state index in [9.17, 15) is 8.78 Å². The third-order valence-corrected chi connectivity index (χ3v) is 4.40. The van der Waals surface area contributed by atoms with Crippen LogP contribution in [0.4, 0.5) is 8.78 Å². The summed E-state index contributed by atoms with van der Waals surface area (Å²) in [6.07, 6.45) is 2.94. The predicted octanol–water partition coefficient (Wildman–Crippen LogP) is 4.28. The summed E-state index contributed by atoms with van der Waals surface area (Å²) in [6, 6.07) is 11.4. The average molecular weight is 347 g/mol. The molecule has 3 nitrogen and oxygen atoms in total. The molecule has 0 amide bonds. The topological polar surface area (TPSA) is 30.5 Å². The maximum absolute atomic E-state index is 13.4. The molecular formula is C20H23F2NO2. The fourth-order valence-electron chi connectivity index (χ4n) is 3.01. The number of piperidine rings is 1. The standard InChI is InChI=1S/C20H23F2NO2/c21-17-4-7-19(22)20(14-17)25-13-1-12-24-18-5-2-15(3-6-18)16-8-10-23-11-9-16/h2-7,14,16,23H,1,8-13H2. The van der Waals surface area contributed by atoms with Crippen molar-refractivity contribution in [3.63, 3.8) is 0 Å². The zero-order valence-electron chi connectivity index (χ0n) is 14.1. The minimum atomic E-state index is -0.559. The van der Waals surface area contributed by atoms with Crippen molar-refractivity contribution in [1.29, 1.82) is 0 Å². The van der Waals surface area contributed by atoms with E-state index in [1.54, 1.807) is 0 Å². The van der Waals surface area contributed by atoms with E-state index in [2.05, 4.69) is 17.4 Å². The van der Waals surface area contributed by atoms with Gasteiger partial charge in [-0.2, -0.15) is 0 Å². The van der Waals surface area contributed by atoms with Gasteiger partial charge in [0.2, 0.25) is 0 Å². The van der Waals surface area contributed by atoms with E-state index < -0.39 is 11.6 Å². The second-order valence-electron chi connectivity index (χ2n) is 6.22. The Bertz CT molecular complexity index is 670. The number of rotatable bonds is 7. The van der Waals surface area contributed by atoms with Crippen molar-refractivity contribution in [2.75, 3.05) is 26.3 Å². The van der Waals surface area contributed by atoms with Crippen LogP contribution < -0.4 is 14.8 Å². The van der Waals surface area contributed by atoms with E-state index >= 15 is 0 Å². The number of hydrogen-bond acceptors (Lipinski definition) is 3. The molecule has 3 rings (SSSR count). The first kappa shape index (κ1) is 17.7. The van der Waals surface area contributed by atoms with Crippen LogP contribution in [0.1, 0.15) is 30.7 Å². The van der Waals surface area contributed by atoms with Crippen LogP contribution >= 0.6 is 0 Å². The second-order valence-corrected chi connectivity index (χ2v) is 6.22. The highest BCUT2D eigenvalue weighted by atomic mass is 19.1. The molecule has 0 atom stereocenters. The third kappa shape index (κ3) is 5.16. The molecular weight excluding hydrogens is 324 g/mol. The van der Waals surface area contributed by atoms with Gasteiger partial charge in [0.1, 0.15) is 11.6 Å². The molecule has 1 aliphatic rings. The normalized spacial score (nSPS) is 15.1. The molecule has 2 aromatic rings. The summed E-state index contributed by atoms with van der Waals surface area (Å²) in [5.74, 6) is 0.308. The lowest BCUT2D eigenvalue weighted by atomic mass is 9.90. The molecule has 0 unspecified atom stereocenters. The molecule has 1 saturated heterocycles. The average Bonchev–Trinajstić information content (AvgIpc) is 2.65. The van der Waals surface area contributed by atoms with Gasteiger partial charge in [-0.15, -0.1) is 0 Å². The maximum atomic E-state index is 13.4. The van der Waals surface area contributed by atoms with E-state index in [-0.39, 0.29) is 12.4 Å². The van der Waals surface area contributed by atoms with Crippen LogP contribution in [0.25, 0.3) is 0 Å². The number of hydrogen-bond donors (Lipinski definition) is 1. The van der Waals surface area contributed by atoms with Crippen LogP contribution in [-0.4, -0.2) is 26.3 Å². The Morgan fingerprint density at radius 1 is 0.920 bits per heavy atom. The monoisotopic (exact) mass is 347 g/mol. The van der Waals surface area contributed by atoms with Crippen molar-refractivity contribution < 1.29 is 18.3 Å². The summed E-state index contributed by atoms with van der Waals surface area (Å²) in [7, 11) is 0. The van der Waals surface area contributed by atoms with E-state index in [0.29, 0.717) is 18.9 Å². The Labute approximate surface area is 147 Å². The number of halogens is 2. The zero-order valence-corrected chi connectivity index (χ0v) is 14.1. The number of benzene rings is 2. The first-order valence-corrected chi connectivity index (χ1v) is 8.74. The molecule has 134 valence electrons. The fraction of sp³-hybridized carbons (Fsp3) is 0.400. The van der Waals surface area contributed by atoms with Gasteiger partial charge in [-0.3, -0.25) is 0 Å². The molecule has 2 aromatic carbocycles. The van der Waals surface area contributed by atoms with Crippen LogP contribution in [0.3, 0.4) is 0 Å². The lowest BCUT2D eigenvalue weighted by Crippen LogP contribution is -2.26. The molecule has 0 radical (unpaired) electrons. The summed E-state index contributed by atoms with van der Waals surface area (Å²) in [6.45, 7) is 2.89. The highest BCUT2D eigenvalue weighted by molar-refractivity contribution is 5.29. The van der Waals surface area contributed by atoms with Crippen LogP contribution in [0.15, 0.2) is 42.5 Å². The highest BCUT2D eigenvalue weighted by Gasteiger charge is 2.14. The first-order chi connectivity index (χ1) is 12.2. The van der Waals surface area contributed by atoms with Crippen molar-refractivity contribution in [3.05, 3.63) is 59.7 Å². The molecule has 0 bridgehead atoms. The van der Waals surface area contributed by atoms with E-state index in [1.807, 2.05) is 12.1 Å². The minimum absolute atomic E-state index is 0.0636. The van der Waals surface area contributed by atoms with Crippen molar-refractivity contribution in [2.24, 2.45) is 0 Å². The lowest BCUT2D eigenvalue weighted by molar-refractivity contribution is 0.240. The van der Waals surface area contributed by atoms with Gasteiger partial charge in [-0.25, -0.2) is 8.78 Å². The Kier molecular flexibility index (Phi) is 6.23. The molecule has 5 heteroatoms. The van der Waals surface area contributed by atoms with Crippen LogP contribution in [0.5, 0.6) is 11.5 Å². The first-order valence-electron chi connectivity index (χ1n) is 8.74. The predicted molar refractivity (Wildman–Crippen MR) is 93.3 cm³/mol. The molecule has 1 fully saturated rings. The highest BCUT2D eigenvalue weighted by Crippen LogP contribution is 2.26. The van der Waals surface area contributed by atoms with Gasteiger partial charge in [0, 0.05) is 12.5 Å². The van der Waals surface area contributed by atoms with Crippen molar-refractivity contribution >= 4 is 0 Å². The van der Waals surface area contributed by atoms with Crippen LogP contribution in [0, 0.1) is 11.6 Å². The molecule has 0 aliphatic carbocycles. The maximum Gasteiger partial charge on any atom is 0.165 e. The SMILES string of the molecule is Fc1ccc(F)c(OCCCOc2ccc(C3CCNCC3)cc2)c1. The Hall–Kier alpha value is -2.14. The zero-order chi connectivity index (χ0) is 17.5. The largest absolute Gasteiger partial charge is 0.493 e. The number of ether oxygens (including phenoxy) is 2. The Morgan fingerprint density at radius 3 is 2.40 bits per heavy atom. The van der Waals surface area contributed by atoms with Gasteiger partial charge in [0.25, 0.3) is 0 Å². The Morgan fingerprint density at radius 2 is 1.64 bits per heavy atom. The summed E-state index contributed by atoms with van der Waals surface area (Å²) in [5.41, 5.74) is 1.36. The van der Waals surface area contributed by atoms with Gasteiger partial charge in [0.15, 0.2) is 11.6 Å². The fourth-order valence-corrected chi connectivity index (χ4v) is 3.01. The molecule has 0 spiro atoms. The summed E-state index contributed by atoms with van der Waals surface area (Å²) >= 11 is 0. The van der Waals surface area contributed by atoms with E-state index in [4.69, 9.17) is 9.47 Å². The van der Waals surface area contributed by atoms with Crippen molar-refractivity contribution in [1.82, 2.24) is 5.32 Å². The van der Waals surface area contributed by atoms with Gasteiger partial charge in [0.05, 0.1) is 13.2 Å². The second kappa shape index (κ2) is 8.81. The summed E-state index contributed by atoms with van der Waals surface area (Å²) < 4.78 is 37.4. The molecule has 25 heavy (non-hydrogen) atoms. The minimum Gasteiger partial charge on any atom is -0.493 e.